The minimum atomic E-state index is -0.756. The number of aliphatic hydroxyl groups is 1. The number of nitriles is 1. The molecule has 1 unspecified atom stereocenters. The molecule has 2 heteroatoms. The first-order chi connectivity index (χ1) is 8.14. The lowest BCUT2D eigenvalue weighted by molar-refractivity contribution is -0.0215. The van der Waals surface area contributed by atoms with Gasteiger partial charge >= 0.3 is 0 Å². The topological polar surface area (TPSA) is 44.0 Å². The molecule has 0 saturated heterocycles. The molecular weight excluding hydrogens is 210 g/mol. The van der Waals surface area contributed by atoms with Crippen LogP contribution in [0.3, 0.4) is 0 Å². The van der Waals surface area contributed by atoms with Crippen LogP contribution in [0.5, 0.6) is 0 Å². The van der Waals surface area contributed by atoms with Gasteiger partial charge in [0.25, 0.3) is 0 Å². The maximum atomic E-state index is 10.7. The number of hydrogen-bond donors (Lipinski definition) is 1. The smallest absolute Gasteiger partial charge is 0.0991 e. The highest BCUT2D eigenvalue weighted by Gasteiger charge is 2.34. The zero-order chi connectivity index (χ0) is 12.3. The van der Waals surface area contributed by atoms with E-state index in [9.17, 15) is 5.11 Å². The lowest BCUT2D eigenvalue weighted by Gasteiger charge is -2.36. The van der Waals surface area contributed by atoms with E-state index < -0.39 is 5.60 Å². The Bertz CT molecular complexity index is 408. The first-order valence-corrected chi connectivity index (χ1v) is 6.37. The average molecular weight is 229 g/mol. The summed E-state index contributed by atoms with van der Waals surface area (Å²) >= 11 is 0. The van der Waals surface area contributed by atoms with Gasteiger partial charge in [-0.15, -0.1) is 0 Å². The van der Waals surface area contributed by atoms with Crippen LogP contribution in [0.1, 0.15) is 50.2 Å². The summed E-state index contributed by atoms with van der Waals surface area (Å²) in [7, 11) is 0. The van der Waals surface area contributed by atoms with Crippen LogP contribution in [0.15, 0.2) is 24.3 Å². The van der Waals surface area contributed by atoms with Crippen molar-refractivity contribution in [1.29, 1.82) is 5.26 Å². The SMILES string of the molecule is CC(O)(c1ccc(C#N)cc1)C1CCCCC1. The number of hydrogen-bond acceptors (Lipinski definition) is 2. The van der Waals surface area contributed by atoms with Crippen molar-refractivity contribution in [2.75, 3.05) is 0 Å². The molecule has 1 saturated carbocycles. The average Bonchev–Trinajstić information content (AvgIpc) is 2.40. The zero-order valence-electron chi connectivity index (χ0n) is 10.3. The molecule has 0 bridgehead atoms. The van der Waals surface area contributed by atoms with Crippen molar-refractivity contribution in [3.05, 3.63) is 35.4 Å². The van der Waals surface area contributed by atoms with Crippen molar-refractivity contribution in [1.82, 2.24) is 0 Å². The highest BCUT2D eigenvalue weighted by atomic mass is 16.3. The van der Waals surface area contributed by atoms with Crippen LogP contribution in [0.2, 0.25) is 0 Å². The van der Waals surface area contributed by atoms with Gasteiger partial charge in [0.2, 0.25) is 0 Å². The molecular formula is C15H19NO. The van der Waals surface area contributed by atoms with Gasteiger partial charge in [-0.1, -0.05) is 31.4 Å². The Labute approximate surface area is 103 Å². The van der Waals surface area contributed by atoms with Crippen LogP contribution in [0.4, 0.5) is 0 Å². The Morgan fingerprint density at radius 3 is 2.29 bits per heavy atom. The summed E-state index contributed by atoms with van der Waals surface area (Å²) in [5.41, 5.74) is 0.825. The van der Waals surface area contributed by atoms with Gasteiger partial charge in [0.1, 0.15) is 0 Å². The number of nitrogens with zero attached hydrogens (tertiary/aromatic N) is 1. The minimum absolute atomic E-state index is 0.351. The van der Waals surface area contributed by atoms with Crippen LogP contribution < -0.4 is 0 Å². The summed E-state index contributed by atoms with van der Waals surface area (Å²) in [4.78, 5) is 0. The second kappa shape index (κ2) is 4.89. The predicted octanol–water partition coefficient (Wildman–Crippen LogP) is 3.35. The van der Waals surface area contributed by atoms with Crippen molar-refractivity contribution in [2.45, 2.75) is 44.6 Å². The number of rotatable bonds is 2. The van der Waals surface area contributed by atoms with Gasteiger partial charge in [0.05, 0.1) is 17.2 Å². The minimum Gasteiger partial charge on any atom is -0.385 e. The molecule has 2 rings (SSSR count). The van der Waals surface area contributed by atoms with Crippen molar-refractivity contribution in [2.24, 2.45) is 5.92 Å². The van der Waals surface area contributed by atoms with E-state index in [1.54, 1.807) is 12.1 Å². The second-order valence-corrected chi connectivity index (χ2v) is 5.17. The summed E-state index contributed by atoms with van der Waals surface area (Å²) in [6.45, 7) is 1.91. The third kappa shape index (κ3) is 2.50. The van der Waals surface area contributed by atoms with Gasteiger partial charge in [-0.2, -0.15) is 5.26 Å². The molecule has 90 valence electrons. The van der Waals surface area contributed by atoms with Crippen LogP contribution >= 0.6 is 0 Å². The van der Waals surface area contributed by atoms with Gasteiger partial charge in [-0.05, 0) is 43.4 Å². The van der Waals surface area contributed by atoms with Crippen LogP contribution in [0, 0.1) is 17.2 Å². The van der Waals surface area contributed by atoms with Crippen molar-refractivity contribution >= 4 is 0 Å². The van der Waals surface area contributed by atoms with Crippen LogP contribution in [0.25, 0.3) is 0 Å². The molecule has 0 amide bonds. The Hall–Kier alpha value is -1.33. The molecule has 1 atom stereocenters. The van der Waals surface area contributed by atoms with E-state index in [0.29, 0.717) is 11.5 Å². The molecule has 0 aromatic heterocycles. The van der Waals surface area contributed by atoms with Crippen molar-refractivity contribution in [3.8, 4) is 6.07 Å². The summed E-state index contributed by atoms with van der Waals surface area (Å²) in [5, 5.41) is 19.5. The second-order valence-electron chi connectivity index (χ2n) is 5.17. The Morgan fingerprint density at radius 2 is 1.76 bits per heavy atom. The number of benzene rings is 1. The quantitative estimate of drug-likeness (QED) is 0.845. The van der Waals surface area contributed by atoms with E-state index in [4.69, 9.17) is 5.26 Å². The maximum Gasteiger partial charge on any atom is 0.0991 e. The molecule has 17 heavy (non-hydrogen) atoms. The normalized spacial score (nSPS) is 20.5. The van der Waals surface area contributed by atoms with Gasteiger partial charge in [0.15, 0.2) is 0 Å². The molecule has 0 spiro atoms. The third-order valence-corrected chi connectivity index (χ3v) is 4.00. The monoisotopic (exact) mass is 229 g/mol. The first-order valence-electron chi connectivity index (χ1n) is 6.37. The molecule has 2 nitrogen and oxygen atoms in total. The molecule has 1 fully saturated rings. The maximum absolute atomic E-state index is 10.7. The zero-order valence-corrected chi connectivity index (χ0v) is 10.3. The predicted molar refractivity (Wildman–Crippen MR) is 67.3 cm³/mol. The largest absolute Gasteiger partial charge is 0.385 e. The fourth-order valence-electron chi connectivity index (χ4n) is 2.78. The molecule has 1 aromatic carbocycles. The summed E-state index contributed by atoms with van der Waals surface area (Å²) in [6.07, 6.45) is 5.94. The van der Waals surface area contributed by atoms with Crippen LogP contribution in [-0.2, 0) is 5.60 Å². The van der Waals surface area contributed by atoms with E-state index in [-0.39, 0.29) is 0 Å². The van der Waals surface area contributed by atoms with E-state index in [0.717, 1.165) is 18.4 Å². The van der Waals surface area contributed by atoms with Gasteiger partial charge < -0.3 is 5.11 Å². The van der Waals surface area contributed by atoms with Gasteiger partial charge in [0, 0.05) is 0 Å². The Morgan fingerprint density at radius 1 is 1.18 bits per heavy atom. The fraction of sp³-hybridized carbons (Fsp3) is 0.533. The molecule has 0 radical (unpaired) electrons. The van der Waals surface area contributed by atoms with Gasteiger partial charge in [-0.25, -0.2) is 0 Å². The Balaban J connectivity index is 2.20. The van der Waals surface area contributed by atoms with E-state index in [1.807, 2.05) is 19.1 Å². The first kappa shape index (κ1) is 12.1. The molecule has 1 aromatic rings. The lowest BCUT2D eigenvalue weighted by Crippen LogP contribution is -2.33. The summed E-state index contributed by atoms with van der Waals surface area (Å²) in [6, 6.07) is 9.44. The highest BCUT2D eigenvalue weighted by Crippen LogP contribution is 2.38. The van der Waals surface area contributed by atoms with E-state index >= 15 is 0 Å². The van der Waals surface area contributed by atoms with Crippen LogP contribution in [-0.4, -0.2) is 5.11 Å². The van der Waals surface area contributed by atoms with Crippen molar-refractivity contribution in [3.63, 3.8) is 0 Å². The molecule has 1 N–H and O–H groups in total. The highest BCUT2D eigenvalue weighted by molar-refractivity contribution is 5.34. The molecule has 1 aliphatic rings. The lowest BCUT2D eigenvalue weighted by atomic mass is 9.74. The van der Waals surface area contributed by atoms with E-state index in [2.05, 4.69) is 6.07 Å². The molecule has 0 aliphatic heterocycles. The summed E-state index contributed by atoms with van der Waals surface area (Å²) in [5.74, 6) is 0.351. The van der Waals surface area contributed by atoms with Crippen molar-refractivity contribution < 1.29 is 5.11 Å². The Kier molecular flexibility index (Phi) is 3.49. The summed E-state index contributed by atoms with van der Waals surface area (Å²) < 4.78 is 0. The van der Waals surface area contributed by atoms with Gasteiger partial charge in [-0.3, -0.25) is 0 Å². The molecule has 1 aliphatic carbocycles. The molecule has 0 heterocycles. The fourth-order valence-corrected chi connectivity index (χ4v) is 2.78. The standard InChI is InChI=1S/C15H19NO/c1-15(17,13-5-3-2-4-6-13)14-9-7-12(11-16)8-10-14/h7-10,13,17H,2-6H2,1H3. The third-order valence-electron chi connectivity index (χ3n) is 4.00. The van der Waals surface area contributed by atoms with E-state index in [1.165, 1.54) is 19.3 Å².